The number of nitrogens with one attached hydrogen (secondary N) is 1. The predicted octanol–water partition coefficient (Wildman–Crippen LogP) is 1.62. The summed E-state index contributed by atoms with van der Waals surface area (Å²) in [6.07, 6.45) is 2.85. The Kier molecular flexibility index (Phi) is 4.06. The number of benzene rings is 1. The van der Waals surface area contributed by atoms with Gasteiger partial charge in [-0.1, -0.05) is 6.92 Å². The lowest BCUT2D eigenvalue weighted by atomic mass is 10.1. The number of fused-ring (bicyclic) bond motifs is 1. The van der Waals surface area contributed by atoms with E-state index < -0.39 is 0 Å². The predicted molar refractivity (Wildman–Crippen MR) is 103 cm³/mol. The number of aromatic nitrogens is 2. The van der Waals surface area contributed by atoms with Crippen LogP contribution in [0.4, 0.5) is 5.69 Å². The molecule has 2 fully saturated rings. The number of hydrogen-bond acceptors (Lipinski definition) is 6. The van der Waals surface area contributed by atoms with Gasteiger partial charge in [-0.2, -0.15) is 5.10 Å². The molecule has 27 heavy (non-hydrogen) atoms. The smallest absolute Gasteiger partial charge is 0.189 e. The van der Waals surface area contributed by atoms with Crippen LogP contribution in [-0.4, -0.2) is 48.2 Å². The third kappa shape index (κ3) is 2.96. The molecule has 1 aromatic carbocycles. The van der Waals surface area contributed by atoms with Gasteiger partial charge in [-0.05, 0) is 30.7 Å². The van der Waals surface area contributed by atoms with Gasteiger partial charge in [0, 0.05) is 42.2 Å². The van der Waals surface area contributed by atoms with E-state index in [9.17, 15) is 0 Å². The van der Waals surface area contributed by atoms with Gasteiger partial charge in [0.2, 0.25) is 0 Å². The SMILES string of the molecule is CCC1=C(N)OCc2cn(-c3ccc(N4CC(NC5COC5)C4)cc3)nc21. The van der Waals surface area contributed by atoms with Gasteiger partial charge in [0.1, 0.15) is 12.3 Å². The van der Waals surface area contributed by atoms with E-state index in [0.717, 1.165) is 55.2 Å². The van der Waals surface area contributed by atoms with Crippen LogP contribution in [0, 0.1) is 0 Å². The van der Waals surface area contributed by atoms with Crippen molar-refractivity contribution in [3.8, 4) is 5.69 Å². The Morgan fingerprint density at radius 3 is 2.56 bits per heavy atom. The summed E-state index contributed by atoms with van der Waals surface area (Å²) in [6, 6.07) is 9.69. The molecule has 7 heteroatoms. The van der Waals surface area contributed by atoms with Gasteiger partial charge in [-0.25, -0.2) is 4.68 Å². The van der Waals surface area contributed by atoms with Crippen molar-refractivity contribution < 1.29 is 9.47 Å². The minimum atomic E-state index is 0.483. The fraction of sp³-hybridized carbons (Fsp3) is 0.450. The monoisotopic (exact) mass is 367 g/mol. The lowest BCUT2D eigenvalue weighted by Crippen LogP contribution is -2.63. The van der Waals surface area contributed by atoms with Crippen LogP contribution in [0.1, 0.15) is 24.6 Å². The molecule has 1 aromatic heterocycles. The fourth-order valence-electron chi connectivity index (χ4n) is 3.88. The maximum absolute atomic E-state index is 5.97. The molecular formula is C20H25N5O2. The maximum Gasteiger partial charge on any atom is 0.189 e. The van der Waals surface area contributed by atoms with Crippen LogP contribution in [0.2, 0.25) is 0 Å². The summed E-state index contributed by atoms with van der Waals surface area (Å²) in [6.45, 7) is 6.36. The van der Waals surface area contributed by atoms with Crippen molar-refractivity contribution in [2.24, 2.45) is 5.73 Å². The van der Waals surface area contributed by atoms with E-state index in [0.29, 0.717) is 24.6 Å². The standard InChI is InChI=1S/C20H25N5O2/c1-2-18-19-13(10-27-20(18)21)7-25(23-19)17-5-3-16(4-6-17)24-8-14(9-24)22-15-11-26-12-15/h3-7,14-15,22H,2,8-12,21H2,1H3. The first-order valence-electron chi connectivity index (χ1n) is 9.60. The highest BCUT2D eigenvalue weighted by molar-refractivity contribution is 5.68. The zero-order chi connectivity index (χ0) is 18.4. The second-order valence-electron chi connectivity index (χ2n) is 7.45. The van der Waals surface area contributed by atoms with Crippen LogP contribution >= 0.6 is 0 Å². The van der Waals surface area contributed by atoms with Gasteiger partial charge in [-0.15, -0.1) is 0 Å². The quantitative estimate of drug-likeness (QED) is 0.836. The highest BCUT2D eigenvalue weighted by Gasteiger charge is 2.31. The minimum Gasteiger partial charge on any atom is -0.474 e. The molecule has 0 saturated carbocycles. The lowest BCUT2D eigenvalue weighted by Gasteiger charge is -2.44. The Labute approximate surface area is 158 Å². The summed E-state index contributed by atoms with van der Waals surface area (Å²) < 4.78 is 12.7. The van der Waals surface area contributed by atoms with E-state index in [2.05, 4.69) is 41.4 Å². The Hall–Kier alpha value is -2.51. The van der Waals surface area contributed by atoms with Crippen LogP contribution in [-0.2, 0) is 16.1 Å². The Bertz CT molecular complexity index is 863. The van der Waals surface area contributed by atoms with E-state index in [1.54, 1.807) is 0 Å². The van der Waals surface area contributed by atoms with Crippen LogP contribution in [0.3, 0.4) is 0 Å². The molecule has 0 unspecified atom stereocenters. The van der Waals surface area contributed by atoms with Crippen molar-refractivity contribution in [2.75, 3.05) is 31.2 Å². The van der Waals surface area contributed by atoms with Crippen molar-refractivity contribution >= 4 is 11.3 Å². The summed E-state index contributed by atoms with van der Waals surface area (Å²) >= 11 is 0. The number of hydrogen-bond donors (Lipinski definition) is 2. The largest absolute Gasteiger partial charge is 0.474 e. The average molecular weight is 367 g/mol. The molecule has 3 N–H and O–H groups in total. The first-order valence-corrected chi connectivity index (χ1v) is 9.60. The van der Waals surface area contributed by atoms with E-state index in [-0.39, 0.29) is 0 Å². The molecule has 0 atom stereocenters. The molecule has 0 aliphatic carbocycles. The second kappa shape index (κ2) is 6.58. The lowest BCUT2D eigenvalue weighted by molar-refractivity contribution is -0.0114. The molecule has 2 saturated heterocycles. The molecule has 3 aliphatic rings. The number of anilines is 1. The van der Waals surface area contributed by atoms with Gasteiger partial charge in [0.15, 0.2) is 5.88 Å². The molecule has 5 rings (SSSR count). The molecule has 3 aliphatic heterocycles. The third-order valence-corrected chi connectivity index (χ3v) is 5.58. The number of nitrogens with zero attached hydrogens (tertiary/aromatic N) is 3. The number of ether oxygens (including phenoxy) is 2. The van der Waals surface area contributed by atoms with Gasteiger partial charge in [0.25, 0.3) is 0 Å². The van der Waals surface area contributed by atoms with Crippen LogP contribution in [0.25, 0.3) is 11.3 Å². The maximum atomic E-state index is 5.97. The number of nitrogens with two attached hydrogens (primary N) is 1. The Morgan fingerprint density at radius 1 is 1.15 bits per heavy atom. The first kappa shape index (κ1) is 16.6. The van der Waals surface area contributed by atoms with Crippen molar-refractivity contribution in [3.05, 3.63) is 47.6 Å². The summed E-state index contributed by atoms with van der Waals surface area (Å²) in [7, 11) is 0. The van der Waals surface area contributed by atoms with Crippen molar-refractivity contribution in [1.29, 1.82) is 0 Å². The molecule has 142 valence electrons. The summed E-state index contributed by atoms with van der Waals surface area (Å²) in [5.41, 5.74) is 11.3. The number of allylic oxidation sites excluding steroid dienone is 1. The molecule has 0 radical (unpaired) electrons. The second-order valence-corrected chi connectivity index (χ2v) is 7.45. The average Bonchev–Trinajstić information content (AvgIpc) is 3.03. The highest BCUT2D eigenvalue weighted by atomic mass is 16.5. The highest BCUT2D eigenvalue weighted by Crippen LogP contribution is 2.30. The van der Waals surface area contributed by atoms with E-state index in [4.69, 9.17) is 20.3 Å². The van der Waals surface area contributed by atoms with Crippen molar-refractivity contribution in [2.45, 2.75) is 32.0 Å². The van der Waals surface area contributed by atoms with E-state index in [1.807, 2.05) is 10.9 Å². The van der Waals surface area contributed by atoms with Gasteiger partial charge >= 0.3 is 0 Å². The van der Waals surface area contributed by atoms with Crippen LogP contribution < -0.4 is 16.0 Å². The summed E-state index contributed by atoms with van der Waals surface area (Å²) in [5.74, 6) is 0.500. The van der Waals surface area contributed by atoms with E-state index in [1.165, 1.54) is 5.69 Å². The van der Waals surface area contributed by atoms with Crippen molar-refractivity contribution in [1.82, 2.24) is 15.1 Å². The minimum absolute atomic E-state index is 0.483. The molecule has 0 spiro atoms. The normalized spacial score (nSPS) is 20.1. The summed E-state index contributed by atoms with van der Waals surface area (Å²) in [4.78, 5) is 2.39. The Morgan fingerprint density at radius 2 is 1.89 bits per heavy atom. The van der Waals surface area contributed by atoms with Crippen LogP contribution in [0.15, 0.2) is 36.3 Å². The van der Waals surface area contributed by atoms with E-state index >= 15 is 0 Å². The molecule has 2 aromatic rings. The van der Waals surface area contributed by atoms with Crippen LogP contribution in [0.5, 0.6) is 0 Å². The Balaban J connectivity index is 1.28. The molecule has 0 bridgehead atoms. The fourth-order valence-corrected chi connectivity index (χ4v) is 3.88. The molecule has 4 heterocycles. The van der Waals surface area contributed by atoms with Gasteiger partial charge < -0.3 is 25.4 Å². The topological polar surface area (TPSA) is 77.6 Å². The zero-order valence-electron chi connectivity index (χ0n) is 15.5. The zero-order valence-corrected chi connectivity index (χ0v) is 15.5. The molecule has 0 amide bonds. The van der Waals surface area contributed by atoms with Gasteiger partial charge in [0.05, 0.1) is 24.9 Å². The first-order chi connectivity index (χ1) is 13.2. The molecule has 7 nitrogen and oxygen atoms in total. The van der Waals surface area contributed by atoms with Gasteiger partial charge in [-0.3, -0.25) is 0 Å². The van der Waals surface area contributed by atoms with Crippen molar-refractivity contribution in [3.63, 3.8) is 0 Å². The number of rotatable bonds is 5. The third-order valence-electron chi connectivity index (χ3n) is 5.58. The summed E-state index contributed by atoms with van der Waals surface area (Å²) in [5, 5.41) is 8.38. The molecular weight excluding hydrogens is 342 g/mol.